The molecule has 0 bridgehead atoms. The number of aryl methyl sites for hydroxylation is 1. The van der Waals surface area contributed by atoms with Crippen molar-refractivity contribution in [3.05, 3.63) is 155 Å². The fraction of sp³-hybridized carbons (Fsp3) is 0.0909. The first-order valence-electron chi connectivity index (χ1n) is 11.7. The molecule has 1 unspecified atom stereocenters. The molecule has 0 fully saturated rings. The maximum atomic E-state index is 2.39. The number of rotatable bonds is 4. The Balaban J connectivity index is 1.60. The molecule has 0 heterocycles. The second-order valence-corrected chi connectivity index (χ2v) is 8.97. The standard InChI is InChI=1S/C33H26/c1-23-12-10-20-28-31(23)33-27(19-11-21-29(33)32(28)26-17-8-9-18-26)22-30(24-13-4-2-5-14-24)25-15-6-3-7-16-25/h2-22,26,32H,1H3. The quantitative estimate of drug-likeness (QED) is 0.289. The van der Waals surface area contributed by atoms with Gasteiger partial charge in [0.25, 0.3) is 0 Å². The number of benzene rings is 4. The minimum atomic E-state index is 0.371. The van der Waals surface area contributed by atoms with Crippen molar-refractivity contribution in [1.29, 1.82) is 0 Å². The third-order valence-electron chi connectivity index (χ3n) is 6.99. The molecule has 1 atom stereocenters. The minimum absolute atomic E-state index is 0.371. The van der Waals surface area contributed by atoms with Gasteiger partial charge in [-0.1, -0.05) is 121 Å². The Morgan fingerprint density at radius 1 is 0.606 bits per heavy atom. The van der Waals surface area contributed by atoms with E-state index in [2.05, 4.69) is 134 Å². The predicted octanol–water partition coefficient (Wildman–Crippen LogP) is 8.44. The maximum Gasteiger partial charge on any atom is 0.0200 e. The van der Waals surface area contributed by atoms with Gasteiger partial charge >= 0.3 is 0 Å². The Morgan fingerprint density at radius 3 is 1.82 bits per heavy atom. The summed E-state index contributed by atoms with van der Waals surface area (Å²) in [4.78, 5) is 0. The Kier molecular flexibility index (Phi) is 4.92. The van der Waals surface area contributed by atoms with Crippen LogP contribution in [0.1, 0.15) is 39.3 Å². The first-order chi connectivity index (χ1) is 16.3. The maximum absolute atomic E-state index is 2.39. The van der Waals surface area contributed by atoms with Crippen LogP contribution < -0.4 is 0 Å². The van der Waals surface area contributed by atoms with E-state index in [-0.39, 0.29) is 0 Å². The van der Waals surface area contributed by atoms with Gasteiger partial charge in [-0.3, -0.25) is 0 Å². The average molecular weight is 423 g/mol. The molecule has 2 aliphatic rings. The summed E-state index contributed by atoms with van der Waals surface area (Å²) in [5.41, 5.74) is 12.1. The molecule has 0 aromatic heterocycles. The molecule has 0 radical (unpaired) electrons. The van der Waals surface area contributed by atoms with Crippen LogP contribution in [0.3, 0.4) is 0 Å². The van der Waals surface area contributed by atoms with Crippen molar-refractivity contribution in [2.24, 2.45) is 5.92 Å². The summed E-state index contributed by atoms with van der Waals surface area (Å²) in [7, 11) is 0. The largest absolute Gasteiger partial charge is 0.0767 e. The fourth-order valence-corrected chi connectivity index (χ4v) is 5.53. The third-order valence-corrected chi connectivity index (χ3v) is 6.99. The number of hydrogen-bond donors (Lipinski definition) is 0. The summed E-state index contributed by atoms with van der Waals surface area (Å²) < 4.78 is 0. The zero-order valence-corrected chi connectivity index (χ0v) is 18.8. The smallest absolute Gasteiger partial charge is 0.0200 e. The van der Waals surface area contributed by atoms with Crippen molar-refractivity contribution in [3.63, 3.8) is 0 Å². The second kappa shape index (κ2) is 8.22. The first-order valence-corrected chi connectivity index (χ1v) is 11.7. The van der Waals surface area contributed by atoms with Crippen LogP contribution >= 0.6 is 0 Å². The summed E-state index contributed by atoms with van der Waals surface area (Å²) in [5.74, 6) is 0.781. The molecule has 0 aliphatic heterocycles. The van der Waals surface area contributed by atoms with E-state index in [4.69, 9.17) is 0 Å². The number of fused-ring (bicyclic) bond motifs is 3. The van der Waals surface area contributed by atoms with Gasteiger partial charge in [-0.25, -0.2) is 0 Å². The number of hydrogen-bond acceptors (Lipinski definition) is 0. The van der Waals surface area contributed by atoms with Crippen LogP contribution in [0.5, 0.6) is 0 Å². The lowest BCUT2D eigenvalue weighted by Gasteiger charge is -2.18. The average Bonchev–Trinajstić information content (AvgIpc) is 3.50. The van der Waals surface area contributed by atoms with Crippen molar-refractivity contribution in [3.8, 4) is 11.1 Å². The molecule has 0 N–H and O–H groups in total. The van der Waals surface area contributed by atoms with E-state index in [0.29, 0.717) is 11.8 Å². The molecule has 0 nitrogen and oxygen atoms in total. The van der Waals surface area contributed by atoms with Crippen molar-refractivity contribution >= 4 is 11.6 Å². The molecule has 0 saturated heterocycles. The van der Waals surface area contributed by atoms with Crippen molar-refractivity contribution in [2.45, 2.75) is 12.8 Å². The van der Waals surface area contributed by atoms with Crippen LogP contribution in [0.2, 0.25) is 0 Å². The molecule has 2 aliphatic carbocycles. The summed E-state index contributed by atoms with van der Waals surface area (Å²) >= 11 is 0. The summed E-state index contributed by atoms with van der Waals surface area (Å²) in [6.45, 7) is 2.25. The molecule has 0 saturated carbocycles. The lowest BCUT2D eigenvalue weighted by molar-refractivity contribution is 0.708. The zero-order valence-electron chi connectivity index (χ0n) is 18.8. The SMILES string of the molecule is Cc1cccc2c1-c1c(C=C(c3ccccc3)c3ccccc3)cccc1C2C1C=CC=C1. The van der Waals surface area contributed by atoms with Crippen molar-refractivity contribution < 1.29 is 0 Å². The van der Waals surface area contributed by atoms with Crippen LogP contribution in [-0.2, 0) is 0 Å². The molecular weight excluding hydrogens is 396 g/mol. The van der Waals surface area contributed by atoms with Crippen LogP contribution in [0.4, 0.5) is 0 Å². The lowest BCUT2D eigenvalue weighted by atomic mass is 9.84. The third kappa shape index (κ3) is 3.39. The normalized spacial score (nSPS) is 16.0. The molecule has 158 valence electrons. The van der Waals surface area contributed by atoms with Gasteiger partial charge in [-0.2, -0.15) is 0 Å². The Morgan fingerprint density at radius 2 is 1.18 bits per heavy atom. The van der Waals surface area contributed by atoms with E-state index in [9.17, 15) is 0 Å². The van der Waals surface area contributed by atoms with Crippen LogP contribution in [0.25, 0.3) is 22.8 Å². The van der Waals surface area contributed by atoms with Crippen LogP contribution in [0, 0.1) is 12.8 Å². The highest BCUT2D eigenvalue weighted by atomic mass is 14.4. The van der Waals surface area contributed by atoms with Gasteiger partial charge in [0, 0.05) is 11.8 Å². The molecule has 4 aromatic rings. The Hall–Kier alpha value is -3.90. The predicted molar refractivity (Wildman–Crippen MR) is 140 cm³/mol. The fourth-order valence-electron chi connectivity index (χ4n) is 5.53. The van der Waals surface area contributed by atoms with Gasteiger partial charge < -0.3 is 0 Å². The topological polar surface area (TPSA) is 0 Å². The summed E-state index contributed by atoms with van der Waals surface area (Å²) in [6, 6.07) is 35.1. The molecular formula is C33H26. The van der Waals surface area contributed by atoms with Gasteiger partial charge in [0.1, 0.15) is 0 Å². The zero-order chi connectivity index (χ0) is 22.2. The second-order valence-electron chi connectivity index (χ2n) is 8.97. The molecule has 0 amide bonds. The Bertz CT molecular complexity index is 1350. The van der Waals surface area contributed by atoms with E-state index in [1.807, 2.05) is 0 Å². The highest BCUT2D eigenvalue weighted by molar-refractivity contribution is 5.97. The van der Waals surface area contributed by atoms with Gasteiger partial charge in [0.05, 0.1) is 0 Å². The van der Waals surface area contributed by atoms with E-state index in [0.717, 1.165) is 0 Å². The number of allylic oxidation sites excluding steroid dienone is 4. The van der Waals surface area contributed by atoms with E-state index >= 15 is 0 Å². The molecule has 6 rings (SSSR count). The summed E-state index contributed by atoms with van der Waals surface area (Å²) in [5, 5.41) is 0. The first kappa shape index (κ1) is 19.8. The van der Waals surface area contributed by atoms with Gasteiger partial charge in [0.15, 0.2) is 0 Å². The highest BCUT2D eigenvalue weighted by Gasteiger charge is 2.34. The van der Waals surface area contributed by atoms with Crippen LogP contribution in [0.15, 0.2) is 121 Å². The lowest BCUT2D eigenvalue weighted by Crippen LogP contribution is -2.06. The van der Waals surface area contributed by atoms with E-state index < -0.39 is 0 Å². The molecule has 33 heavy (non-hydrogen) atoms. The van der Waals surface area contributed by atoms with Crippen molar-refractivity contribution in [1.82, 2.24) is 0 Å². The summed E-state index contributed by atoms with van der Waals surface area (Å²) in [6.07, 6.45) is 11.4. The van der Waals surface area contributed by atoms with Gasteiger partial charge in [0.2, 0.25) is 0 Å². The van der Waals surface area contributed by atoms with Crippen LogP contribution in [-0.4, -0.2) is 0 Å². The van der Waals surface area contributed by atoms with Gasteiger partial charge in [-0.05, 0) is 63.1 Å². The van der Waals surface area contributed by atoms with E-state index in [1.165, 1.54) is 50.1 Å². The molecule has 0 spiro atoms. The van der Waals surface area contributed by atoms with Crippen molar-refractivity contribution in [2.75, 3.05) is 0 Å². The Labute approximate surface area is 196 Å². The molecule has 0 heteroatoms. The minimum Gasteiger partial charge on any atom is -0.0767 e. The van der Waals surface area contributed by atoms with E-state index in [1.54, 1.807) is 0 Å². The molecule has 4 aromatic carbocycles. The van der Waals surface area contributed by atoms with Gasteiger partial charge in [-0.15, -0.1) is 0 Å². The highest BCUT2D eigenvalue weighted by Crippen LogP contribution is 2.52. The monoisotopic (exact) mass is 422 g/mol.